The number of pyridine rings is 1. The highest BCUT2D eigenvalue weighted by Crippen LogP contribution is 2.31. The summed E-state index contributed by atoms with van der Waals surface area (Å²) in [6.07, 6.45) is 1.94. The molecule has 1 amide bonds. The van der Waals surface area contributed by atoms with Crippen LogP contribution in [0.25, 0.3) is 16.9 Å². The fourth-order valence-corrected chi connectivity index (χ4v) is 4.39. The molecular weight excluding hydrogens is 404 g/mol. The Balaban J connectivity index is 1.74. The second kappa shape index (κ2) is 9.40. The first-order valence-electron chi connectivity index (χ1n) is 11.2. The lowest BCUT2D eigenvalue weighted by atomic mass is 9.98. The molecule has 1 saturated heterocycles. The molecule has 0 bridgehead atoms. The summed E-state index contributed by atoms with van der Waals surface area (Å²) in [7, 11) is 0. The normalized spacial score (nSPS) is 17.7. The van der Waals surface area contributed by atoms with Gasteiger partial charge >= 0.3 is 0 Å². The van der Waals surface area contributed by atoms with Crippen molar-refractivity contribution in [1.82, 2.24) is 19.6 Å². The molecule has 0 radical (unpaired) electrons. The molecule has 1 aromatic carbocycles. The van der Waals surface area contributed by atoms with Crippen LogP contribution in [0.15, 0.2) is 36.5 Å². The molecule has 170 valence electrons. The predicted octanol–water partition coefficient (Wildman–Crippen LogP) is 3.01. The van der Waals surface area contributed by atoms with E-state index in [1.54, 1.807) is 6.92 Å². The molecule has 7 heteroatoms. The fraction of sp³-hybridized carbons (Fsp3) is 0.440. The van der Waals surface area contributed by atoms with Gasteiger partial charge < -0.3 is 19.1 Å². The van der Waals surface area contributed by atoms with Gasteiger partial charge in [0, 0.05) is 38.2 Å². The van der Waals surface area contributed by atoms with Crippen molar-refractivity contribution in [3.8, 4) is 11.3 Å². The number of hydrogen-bond donors (Lipinski definition) is 2. The Morgan fingerprint density at radius 1 is 1.31 bits per heavy atom. The van der Waals surface area contributed by atoms with Crippen molar-refractivity contribution in [1.29, 1.82) is 0 Å². The van der Waals surface area contributed by atoms with E-state index in [2.05, 4.69) is 35.0 Å². The molecule has 7 nitrogen and oxygen atoms in total. The van der Waals surface area contributed by atoms with E-state index in [1.807, 2.05) is 36.9 Å². The number of carbonyl (C=O) groups is 1. The molecule has 0 aliphatic carbocycles. The maximum atomic E-state index is 11.9. The van der Waals surface area contributed by atoms with E-state index in [9.17, 15) is 9.90 Å². The molecule has 2 aromatic heterocycles. The minimum Gasteiger partial charge on any atom is -0.374 e. The summed E-state index contributed by atoms with van der Waals surface area (Å²) in [4.78, 5) is 18.7. The summed E-state index contributed by atoms with van der Waals surface area (Å²) in [5, 5.41) is 13.4. The topological polar surface area (TPSA) is 79.1 Å². The van der Waals surface area contributed by atoms with Crippen molar-refractivity contribution in [2.75, 3.05) is 26.2 Å². The molecule has 2 N–H and O–H groups in total. The Hall–Kier alpha value is -2.74. The van der Waals surface area contributed by atoms with Crippen LogP contribution in [0.3, 0.4) is 0 Å². The van der Waals surface area contributed by atoms with E-state index in [0.717, 1.165) is 39.3 Å². The summed E-state index contributed by atoms with van der Waals surface area (Å²) in [5.41, 5.74) is 6.95. The number of aliphatic hydroxyl groups is 1. The van der Waals surface area contributed by atoms with Gasteiger partial charge in [-0.1, -0.05) is 25.1 Å². The van der Waals surface area contributed by atoms with Crippen molar-refractivity contribution in [3.63, 3.8) is 0 Å². The van der Waals surface area contributed by atoms with Crippen LogP contribution in [0.2, 0.25) is 0 Å². The number of fused-ring (bicyclic) bond motifs is 1. The first-order chi connectivity index (χ1) is 15.4. The van der Waals surface area contributed by atoms with Gasteiger partial charge in [0.05, 0.1) is 24.1 Å². The molecule has 1 fully saturated rings. The maximum Gasteiger partial charge on any atom is 0.219 e. The van der Waals surface area contributed by atoms with Gasteiger partial charge in [0.25, 0.3) is 0 Å². The summed E-state index contributed by atoms with van der Waals surface area (Å²) in [6, 6.07) is 10.1. The minimum absolute atomic E-state index is 0.0808. The third kappa shape index (κ3) is 4.55. The number of imidazole rings is 1. The predicted molar refractivity (Wildman–Crippen MR) is 124 cm³/mol. The molecular formula is C25H32N4O3. The highest BCUT2D eigenvalue weighted by molar-refractivity contribution is 5.73. The van der Waals surface area contributed by atoms with E-state index >= 15 is 0 Å². The SMILES string of the molecule is CCNC(O)c1ccc(-c2nc3cc(C)ccn3c2C[C@H]2CN(C(C)=O)CCO2)c(C)c1. The van der Waals surface area contributed by atoms with Crippen LogP contribution < -0.4 is 5.32 Å². The highest BCUT2D eigenvalue weighted by Gasteiger charge is 2.26. The molecule has 1 aliphatic heterocycles. The third-order valence-corrected chi connectivity index (χ3v) is 6.10. The van der Waals surface area contributed by atoms with Gasteiger partial charge in [0.1, 0.15) is 11.9 Å². The van der Waals surface area contributed by atoms with Crippen LogP contribution in [0.1, 0.15) is 42.5 Å². The number of carbonyl (C=O) groups excluding carboxylic acids is 1. The van der Waals surface area contributed by atoms with E-state index in [0.29, 0.717) is 32.7 Å². The number of hydrogen-bond acceptors (Lipinski definition) is 5. The Morgan fingerprint density at radius 3 is 2.84 bits per heavy atom. The zero-order valence-electron chi connectivity index (χ0n) is 19.3. The Morgan fingerprint density at radius 2 is 2.12 bits per heavy atom. The van der Waals surface area contributed by atoms with Gasteiger partial charge in [-0.25, -0.2) is 4.98 Å². The van der Waals surface area contributed by atoms with Crippen LogP contribution in [0.5, 0.6) is 0 Å². The number of amides is 1. The number of ether oxygens (including phenoxy) is 1. The fourth-order valence-electron chi connectivity index (χ4n) is 4.39. The third-order valence-electron chi connectivity index (χ3n) is 6.10. The van der Waals surface area contributed by atoms with Crippen LogP contribution in [-0.2, 0) is 16.0 Å². The molecule has 1 aliphatic rings. The van der Waals surface area contributed by atoms with Crippen LogP contribution >= 0.6 is 0 Å². The largest absolute Gasteiger partial charge is 0.374 e. The number of aromatic nitrogens is 2. The lowest BCUT2D eigenvalue weighted by Crippen LogP contribution is -2.45. The van der Waals surface area contributed by atoms with Gasteiger partial charge in [-0.3, -0.25) is 10.1 Å². The monoisotopic (exact) mass is 436 g/mol. The molecule has 4 rings (SSSR count). The van der Waals surface area contributed by atoms with Crippen LogP contribution in [0, 0.1) is 13.8 Å². The summed E-state index contributed by atoms with van der Waals surface area (Å²) in [5.74, 6) is 0.0815. The summed E-state index contributed by atoms with van der Waals surface area (Å²) in [6.45, 7) is 10.1. The summed E-state index contributed by atoms with van der Waals surface area (Å²) >= 11 is 0. The van der Waals surface area contributed by atoms with E-state index < -0.39 is 6.23 Å². The van der Waals surface area contributed by atoms with Crippen molar-refractivity contribution in [3.05, 3.63) is 58.9 Å². The maximum absolute atomic E-state index is 11.9. The van der Waals surface area contributed by atoms with Gasteiger partial charge in [0.2, 0.25) is 5.91 Å². The standard InChI is InChI=1S/C25H32N4O3/c1-5-26-25(31)19-6-7-21(17(3)13-19)24-22(29-9-8-16(2)12-23(29)27-24)14-20-15-28(18(4)30)10-11-32-20/h6-9,12-13,20,25-26,31H,5,10-11,14-15H2,1-4H3/t20-,25?/m0/s1. The number of aryl methyl sites for hydroxylation is 2. The zero-order valence-corrected chi connectivity index (χ0v) is 19.3. The van der Waals surface area contributed by atoms with Crippen molar-refractivity contribution in [2.24, 2.45) is 0 Å². The zero-order chi connectivity index (χ0) is 22.8. The van der Waals surface area contributed by atoms with E-state index in [1.165, 1.54) is 0 Å². The number of aliphatic hydroxyl groups excluding tert-OH is 1. The van der Waals surface area contributed by atoms with Crippen molar-refractivity contribution in [2.45, 2.75) is 46.4 Å². The Kier molecular flexibility index (Phi) is 6.60. The average molecular weight is 437 g/mol. The Bertz CT molecular complexity index is 1120. The lowest BCUT2D eigenvalue weighted by Gasteiger charge is -2.32. The minimum atomic E-state index is -0.691. The Labute approximate surface area is 189 Å². The van der Waals surface area contributed by atoms with Gasteiger partial charge in [-0.05, 0) is 49.2 Å². The van der Waals surface area contributed by atoms with Gasteiger partial charge in [-0.2, -0.15) is 0 Å². The number of benzene rings is 1. The molecule has 2 atom stereocenters. The quantitative estimate of drug-likeness (QED) is 0.581. The van der Waals surface area contributed by atoms with E-state index in [-0.39, 0.29) is 12.0 Å². The van der Waals surface area contributed by atoms with E-state index in [4.69, 9.17) is 9.72 Å². The number of nitrogens with one attached hydrogen (secondary N) is 1. The van der Waals surface area contributed by atoms with Gasteiger partial charge in [0.15, 0.2) is 0 Å². The van der Waals surface area contributed by atoms with Crippen molar-refractivity contribution >= 4 is 11.6 Å². The smallest absolute Gasteiger partial charge is 0.219 e. The molecule has 0 spiro atoms. The first-order valence-corrected chi connectivity index (χ1v) is 11.2. The van der Waals surface area contributed by atoms with Crippen molar-refractivity contribution < 1.29 is 14.6 Å². The highest BCUT2D eigenvalue weighted by atomic mass is 16.5. The molecule has 32 heavy (non-hydrogen) atoms. The first kappa shape index (κ1) is 22.5. The van der Waals surface area contributed by atoms with Gasteiger partial charge in [-0.15, -0.1) is 0 Å². The number of rotatable bonds is 6. The molecule has 0 saturated carbocycles. The van der Waals surface area contributed by atoms with Crippen LogP contribution in [-0.4, -0.2) is 57.6 Å². The molecule has 1 unspecified atom stereocenters. The number of nitrogens with zero attached hydrogens (tertiary/aromatic N) is 3. The summed E-state index contributed by atoms with van der Waals surface area (Å²) < 4.78 is 8.15. The lowest BCUT2D eigenvalue weighted by molar-refractivity contribution is -0.136. The molecule has 3 heterocycles. The molecule has 3 aromatic rings. The second-order valence-corrected chi connectivity index (χ2v) is 8.54. The van der Waals surface area contributed by atoms with Crippen LogP contribution in [0.4, 0.5) is 0 Å². The second-order valence-electron chi connectivity index (χ2n) is 8.54. The number of morpholine rings is 1. The average Bonchev–Trinajstić information content (AvgIpc) is 3.11.